The minimum Gasteiger partial charge on any atom is -0.379 e. The maximum Gasteiger partial charge on any atom is 0.166 e. The third-order valence-corrected chi connectivity index (χ3v) is 3.47. The summed E-state index contributed by atoms with van der Waals surface area (Å²) in [5, 5.41) is 6.62. The number of hydrogen-bond donors (Lipinski definition) is 2. The molecule has 88 valence electrons. The van der Waals surface area contributed by atoms with Crippen LogP contribution >= 0.6 is 23.2 Å². The molecule has 1 atom stereocenters. The van der Waals surface area contributed by atoms with Crippen LogP contribution in [0, 0.1) is 5.82 Å². The van der Waals surface area contributed by atoms with Crippen LogP contribution in [0.5, 0.6) is 0 Å². The van der Waals surface area contributed by atoms with E-state index in [1.807, 2.05) is 0 Å². The van der Waals surface area contributed by atoms with Crippen LogP contribution in [0.3, 0.4) is 0 Å². The second-order valence-corrected chi connectivity index (χ2v) is 4.70. The van der Waals surface area contributed by atoms with Gasteiger partial charge in [0, 0.05) is 12.6 Å². The van der Waals surface area contributed by atoms with Gasteiger partial charge in [-0.3, -0.25) is 0 Å². The Morgan fingerprint density at radius 3 is 2.88 bits per heavy atom. The van der Waals surface area contributed by atoms with Crippen molar-refractivity contribution >= 4 is 28.9 Å². The molecule has 1 heterocycles. The van der Waals surface area contributed by atoms with E-state index in [0.717, 1.165) is 25.9 Å². The third-order valence-electron chi connectivity index (χ3n) is 2.69. The van der Waals surface area contributed by atoms with Gasteiger partial charge in [-0.05, 0) is 31.5 Å². The Morgan fingerprint density at radius 1 is 1.38 bits per heavy atom. The van der Waals surface area contributed by atoms with Gasteiger partial charge in [0.15, 0.2) is 5.82 Å². The van der Waals surface area contributed by atoms with Crippen molar-refractivity contribution < 1.29 is 4.39 Å². The van der Waals surface area contributed by atoms with Gasteiger partial charge in [-0.25, -0.2) is 4.39 Å². The fourth-order valence-corrected chi connectivity index (χ4v) is 2.14. The summed E-state index contributed by atoms with van der Waals surface area (Å²) in [6.07, 6.45) is 2.13. The van der Waals surface area contributed by atoms with Gasteiger partial charge in [0.25, 0.3) is 0 Å². The Kier molecular flexibility index (Phi) is 3.90. The first-order valence-corrected chi connectivity index (χ1v) is 6.05. The quantitative estimate of drug-likeness (QED) is 0.800. The number of rotatable bonds is 2. The van der Waals surface area contributed by atoms with Crippen molar-refractivity contribution in [3.05, 3.63) is 28.0 Å². The third kappa shape index (κ3) is 2.59. The van der Waals surface area contributed by atoms with Crippen molar-refractivity contribution in [2.75, 3.05) is 18.4 Å². The molecule has 0 bridgehead atoms. The van der Waals surface area contributed by atoms with Crippen molar-refractivity contribution in [3.8, 4) is 0 Å². The van der Waals surface area contributed by atoms with Crippen molar-refractivity contribution in [3.63, 3.8) is 0 Å². The van der Waals surface area contributed by atoms with Gasteiger partial charge in [0.2, 0.25) is 0 Å². The highest BCUT2D eigenvalue weighted by atomic mass is 35.5. The normalized spacial score (nSPS) is 20.8. The molecule has 0 aliphatic carbocycles. The van der Waals surface area contributed by atoms with Gasteiger partial charge in [-0.1, -0.05) is 23.2 Å². The van der Waals surface area contributed by atoms with Gasteiger partial charge in [0.1, 0.15) is 0 Å². The van der Waals surface area contributed by atoms with Crippen LogP contribution in [-0.4, -0.2) is 19.1 Å². The summed E-state index contributed by atoms with van der Waals surface area (Å²) in [5.74, 6) is -0.472. The smallest absolute Gasteiger partial charge is 0.166 e. The minimum atomic E-state index is -0.472. The molecule has 0 amide bonds. The van der Waals surface area contributed by atoms with Crippen LogP contribution in [0.4, 0.5) is 10.1 Å². The second kappa shape index (κ2) is 5.21. The molecule has 0 saturated carbocycles. The average molecular weight is 263 g/mol. The number of benzene rings is 1. The van der Waals surface area contributed by atoms with E-state index in [-0.39, 0.29) is 16.1 Å². The monoisotopic (exact) mass is 262 g/mol. The molecule has 2 N–H and O–H groups in total. The number of piperidine rings is 1. The van der Waals surface area contributed by atoms with E-state index in [9.17, 15) is 4.39 Å². The average Bonchev–Trinajstić information content (AvgIpc) is 2.31. The topological polar surface area (TPSA) is 24.1 Å². The molecule has 1 aromatic carbocycles. The van der Waals surface area contributed by atoms with E-state index in [2.05, 4.69) is 10.6 Å². The van der Waals surface area contributed by atoms with E-state index in [0.29, 0.717) is 5.69 Å². The number of anilines is 1. The molecule has 1 saturated heterocycles. The molecular weight excluding hydrogens is 250 g/mol. The zero-order chi connectivity index (χ0) is 11.5. The highest BCUT2D eigenvalue weighted by Gasteiger charge is 2.16. The van der Waals surface area contributed by atoms with Crippen LogP contribution in [0.15, 0.2) is 12.1 Å². The van der Waals surface area contributed by atoms with E-state index >= 15 is 0 Å². The fraction of sp³-hybridized carbons (Fsp3) is 0.455. The zero-order valence-corrected chi connectivity index (χ0v) is 10.2. The molecular formula is C11H13Cl2FN2. The number of nitrogens with one attached hydrogen (secondary N) is 2. The first-order valence-electron chi connectivity index (χ1n) is 5.29. The predicted octanol–water partition coefficient (Wildman–Crippen LogP) is 3.30. The van der Waals surface area contributed by atoms with Crippen LogP contribution in [0.2, 0.25) is 10.0 Å². The molecule has 0 aromatic heterocycles. The maximum absolute atomic E-state index is 13.7. The van der Waals surface area contributed by atoms with Gasteiger partial charge >= 0.3 is 0 Å². The van der Waals surface area contributed by atoms with Crippen molar-refractivity contribution in [1.29, 1.82) is 0 Å². The summed E-state index contributed by atoms with van der Waals surface area (Å²) in [6, 6.07) is 3.48. The van der Waals surface area contributed by atoms with Crippen LogP contribution in [-0.2, 0) is 0 Å². The van der Waals surface area contributed by atoms with Gasteiger partial charge in [0.05, 0.1) is 15.7 Å². The van der Waals surface area contributed by atoms with Crippen LogP contribution < -0.4 is 10.6 Å². The second-order valence-electron chi connectivity index (χ2n) is 3.91. The molecule has 1 aliphatic heterocycles. The van der Waals surface area contributed by atoms with E-state index < -0.39 is 5.82 Å². The van der Waals surface area contributed by atoms with Gasteiger partial charge in [-0.2, -0.15) is 0 Å². The summed E-state index contributed by atoms with van der Waals surface area (Å²) in [5.41, 5.74) is 0.420. The highest BCUT2D eigenvalue weighted by Crippen LogP contribution is 2.30. The summed E-state index contributed by atoms with van der Waals surface area (Å²) in [7, 11) is 0. The molecule has 2 nitrogen and oxygen atoms in total. The molecule has 1 fully saturated rings. The fourth-order valence-electron chi connectivity index (χ4n) is 1.83. The molecule has 0 spiro atoms. The lowest BCUT2D eigenvalue weighted by atomic mass is 10.1. The van der Waals surface area contributed by atoms with E-state index in [1.54, 1.807) is 12.1 Å². The molecule has 0 radical (unpaired) electrons. The summed E-state index contributed by atoms with van der Waals surface area (Å²) in [6.45, 7) is 1.88. The molecule has 1 unspecified atom stereocenters. The Bertz CT molecular complexity index is 378. The zero-order valence-electron chi connectivity index (χ0n) is 8.69. The first kappa shape index (κ1) is 12.0. The SMILES string of the molecule is Fc1c(NC2CCCNC2)ccc(Cl)c1Cl. The predicted molar refractivity (Wildman–Crippen MR) is 65.9 cm³/mol. The first-order chi connectivity index (χ1) is 7.68. The molecule has 2 rings (SSSR count). The molecule has 1 aromatic rings. The lowest BCUT2D eigenvalue weighted by Crippen LogP contribution is -2.38. The Labute approximate surface area is 104 Å². The number of hydrogen-bond acceptors (Lipinski definition) is 2. The van der Waals surface area contributed by atoms with Crippen molar-refractivity contribution in [1.82, 2.24) is 5.32 Å². The summed E-state index contributed by atoms with van der Waals surface area (Å²) >= 11 is 11.5. The Balaban J connectivity index is 2.11. The minimum absolute atomic E-state index is 0.0181. The standard InChI is InChI=1S/C11H13Cl2FN2/c12-8-3-4-9(11(14)10(8)13)16-7-2-1-5-15-6-7/h3-4,7,15-16H,1-2,5-6H2. The molecule has 5 heteroatoms. The summed E-state index contributed by atoms with van der Waals surface area (Å²) < 4.78 is 13.7. The van der Waals surface area contributed by atoms with E-state index in [4.69, 9.17) is 23.2 Å². The van der Waals surface area contributed by atoms with Gasteiger partial charge < -0.3 is 10.6 Å². The summed E-state index contributed by atoms with van der Waals surface area (Å²) in [4.78, 5) is 0. The largest absolute Gasteiger partial charge is 0.379 e. The van der Waals surface area contributed by atoms with Crippen molar-refractivity contribution in [2.45, 2.75) is 18.9 Å². The van der Waals surface area contributed by atoms with E-state index in [1.165, 1.54) is 0 Å². The number of halogens is 3. The van der Waals surface area contributed by atoms with Crippen LogP contribution in [0.1, 0.15) is 12.8 Å². The lowest BCUT2D eigenvalue weighted by molar-refractivity contribution is 0.477. The van der Waals surface area contributed by atoms with Crippen molar-refractivity contribution in [2.24, 2.45) is 0 Å². The maximum atomic E-state index is 13.7. The van der Waals surface area contributed by atoms with Crippen LogP contribution in [0.25, 0.3) is 0 Å². The molecule has 16 heavy (non-hydrogen) atoms. The Hall–Kier alpha value is -0.510. The lowest BCUT2D eigenvalue weighted by Gasteiger charge is -2.25. The molecule has 1 aliphatic rings. The highest BCUT2D eigenvalue weighted by molar-refractivity contribution is 6.42. The van der Waals surface area contributed by atoms with Gasteiger partial charge in [-0.15, -0.1) is 0 Å². The Morgan fingerprint density at radius 2 is 2.19 bits per heavy atom.